The van der Waals surface area contributed by atoms with Crippen molar-refractivity contribution >= 4 is 23.2 Å². The highest BCUT2D eigenvalue weighted by atomic mass is 35.5. The van der Waals surface area contributed by atoms with Gasteiger partial charge in [0.15, 0.2) is 0 Å². The molecule has 1 heterocycles. The lowest BCUT2D eigenvalue weighted by Gasteiger charge is -2.11. The molecule has 6 heteroatoms. The van der Waals surface area contributed by atoms with Crippen molar-refractivity contribution in [2.45, 2.75) is 18.6 Å². The molecule has 1 aromatic rings. The Hall–Kier alpha value is -1.17. The fourth-order valence-electron chi connectivity index (χ4n) is 1.77. The summed E-state index contributed by atoms with van der Waals surface area (Å²) < 4.78 is 13.0. The maximum Gasteiger partial charge on any atom is 0.241 e. The molecule has 1 saturated heterocycles. The minimum atomic E-state index is -0.512. The van der Waals surface area contributed by atoms with E-state index in [0.717, 1.165) is 6.07 Å². The summed E-state index contributed by atoms with van der Waals surface area (Å²) in [5, 5.41) is 14.9. The molecular weight excluding hydrogens is 247 g/mol. The average Bonchev–Trinajstić information content (AvgIpc) is 2.63. The van der Waals surface area contributed by atoms with Crippen LogP contribution in [0.4, 0.5) is 10.1 Å². The van der Waals surface area contributed by atoms with Crippen LogP contribution in [0.25, 0.3) is 0 Å². The third-order valence-electron chi connectivity index (χ3n) is 2.55. The summed E-state index contributed by atoms with van der Waals surface area (Å²) in [6, 6.07) is 3.37. The van der Waals surface area contributed by atoms with E-state index >= 15 is 0 Å². The van der Waals surface area contributed by atoms with Crippen LogP contribution in [0.5, 0.6) is 0 Å². The van der Waals surface area contributed by atoms with Gasteiger partial charge in [-0.3, -0.25) is 4.79 Å². The van der Waals surface area contributed by atoms with Crippen molar-refractivity contribution in [2.75, 3.05) is 11.9 Å². The number of halogens is 2. The van der Waals surface area contributed by atoms with Gasteiger partial charge >= 0.3 is 0 Å². The number of carbonyl (C=O) groups excluding carboxylic acids is 1. The Morgan fingerprint density at radius 2 is 2.29 bits per heavy atom. The standard InChI is InChI=1S/C11H12ClFN2O2/c12-6-1-7(13)3-8(2-6)15-11(17)10-4-9(16)5-14-10/h1-3,9-10,14,16H,4-5H2,(H,15,17). The van der Waals surface area contributed by atoms with E-state index in [4.69, 9.17) is 11.6 Å². The molecule has 1 fully saturated rings. The topological polar surface area (TPSA) is 61.4 Å². The Balaban J connectivity index is 2.03. The van der Waals surface area contributed by atoms with Gasteiger partial charge < -0.3 is 15.7 Å². The van der Waals surface area contributed by atoms with E-state index < -0.39 is 18.0 Å². The van der Waals surface area contributed by atoms with Gasteiger partial charge in [-0.2, -0.15) is 0 Å². The molecule has 1 aromatic carbocycles. The van der Waals surface area contributed by atoms with Crippen molar-refractivity contribution in [3.63, 3.8) is 0 Å². The molecule has 1 aliphatic rings. The van der Waals surface area contributed by atoms with Gasteiger partial charge in [0.1, 0.15) is 5.82 Å². The van der Waals surface area contributed by atoms with Crippen molar-refractivity contribution in [1.82, 2.24) is 5.32 Å². The SMILES string of the molecule is O=C(Nc1cc(F)cc(Cl)c1)C1CC(O)CN1. The second kappa shape index (κ2) is 5.00. The van der Waals surface area contributed by atoms with E-state index in [0.29, 0.717) is 18.7 Å². The maximum atomic E-state index is 13.0. The molecular formula is C11H12ClFN2O2. The molecule has 0 spiro atoms. The van der Waals surface area contributed by atoms with E-state index in [2.05, 4.69) is 10.6 Å². The van der Waals surface area contributed by atoms with E-state index in [9.17, 15) is 14.3 Å². The number of benzene rings is 1. The first-order valence-corrected chi connectivity index (χ1v) is 5.61. The Morgan fingerprint density at radius 1 is 1.53 bits per heavy atom. The van der Waals surface area contributed by atoms with Gasteiger partial charge in [-0.05, 0) is 24.6 Å². The molecule has 0 bridgehead atoms. The van der Waals surface area contributed by atoms with Gasteiger partial charge in [-0.25, -0.2) is 4.39 Å². The third-order valence-corrected chi connectivity index (χ3v) is 2.77. The first-order valence-electron chi connectivity index (χ1n) is 5.23. The maximum absolute atomic E-state index is 13.0. The van der Waals surface area contributed by atoms with Crippen LogP contribution in [0.2, 0.25) is 5.02 Å². The molecule has 1 aliphatic heterocycles. The van der Waals surface area contributed by atoms with E-state index in [-0.39, 0.29) is 10.9 Å². The number of carbonyl (C=O) groups is 1. The van der Waals surface area contributed by atoms with Crippen LogP contribution in [-0.4, -0.2) is 29.7 Å². The summed E-state index contributed by atoms with van der Waals surface area (Å²) in [6.45, 7) is 0.391. The average molecular weight is 259 g/mol. The quantitative estimate of drug-likeness (QED) is 0.746. The first-order chi connectivity index (χ1) is 8.04. The number of rotatable bonds is 2. The molecule has 0 radical (unpaired) electrons. The molecule has 0 aromatic heterocycles. The summed E-state index contributed by atoms with van der Waals surface area (Å²) in [6.07, 6.45) is -0.156. The van der Waals surface area contributed by atoms with Crippen LogP contribution < -0.4 is 10.6 Å². The van der Waals surface area contributed by atoms with Crippen LogP contribution in [0.3, 0.4) is 0 Å². The van der Waals surface area contributed by atoms with Gasteiger partial charge in [-0.1, -0.05) is 11.6 Å². The zero-order valence-electron chi connectivity index (χ0n) is 8.91. The fourth-order valence-corrected chi connectivity index (χ4v) is 1.99. The number of hydrogen-bond donors (Lipinski definition) is 3. The van der Waals surface area contributed by atoms with Gasteiger partial charge in [0.05, 0.1) is 12.1 Å². The van der Waals surface area contributed by atoms with Gasteiger partial charge in [0, 0.05) is 17.3 Å². The Kier molecular flexibility index (Phi) is 3.61. The predicted molar refractivity (Wildman–Crippen MR) is 62.5 cm³/mol. The molecule has 2 atom stereocenters. The first kappa shape index (κ1) is 12.3. The van der Waals surface area contributed by atoms with Crippen molar-refractivity contribution < 1.29 is 14.3 Å². The third kappa shape index (κ3) is 3.15. The fraction of sp³-hybridized carbons (Fsp3) is 0.364. The normalized spacial score (nSPS) is 23.7. The summed E-state index contributed by atoms with van der Waals surface area (Å²) >= 11 is 5.67. The van der Waals surface area contributed by atoms with Crippen molar-refractivity contribution in [3.05, 3.63) is 29.0 Å². The van der Waals surface area contributed by atoms with Crippen LogP contribution >= 0.6 is 11.6 Å². The van der Waals surface area contributed by atoms with Crippen molar-refractivity contribution in [3.8, 4) is 0 Å². The second-order valence-electron chi connectivity index (χ2n) is 4.00. The number of nitrogens with one attached hydrogen (secondary N) is 2. The van der Waals surface area contributed by atoms with Crippen molar-refractivity contribution in [1.29, 1.82) is 0 Å². The number of amides is 1. The predicted octanol–water partition coefficient (Wildman–Crippen LogP) is 1.14. The summed E-state index contributed by atoms with van der Waals surface area (Å²) in [5.74, 6) is -0.810. The summed E-state index contributed by atoms with van der Waals surface area (Å²) in [7, 11) is 0. The smallest absolute Gasteiger partial charge is 0.241 e. The Labute approximate surface area is 103 Å². The van der Waals surface area contributed by atoms with E-state index in [1.54, 1.807) is 0 Å². The summed E-state index contributed by atoms with van der Waals surface area (Å²) in [4.78, 5) is 11.7. The minimum absolute atomic E-state index is 0.222. The second-order valence-corrected chi connectivity index (χ2v) is 4.43. The number of aliphatic hydroxyl groups excluding tert-OH is 1. The molecule has 2 rings (SSSR count). The van der Waals surface area contributed by atoms with Crippen LogP contribution in [0.1, 0.15) is 6.42 Å². The highest BCUT2D eigenvalue weighted by Crippen LogP contribution is 2.19. The Bertz CT molecular complexity index is 421. The van der Waals surface area contributed by atoms with Gasteiger partial charge in [0.2, 0.25) is 5.91 Å². The minimum Gasteiger partial charge on any atom is -0.392 e. The molecule has 92 valence electrons. The molecule has 17 heavy (non-hydrogen) atoms. The number of aliphatic hydroxyl groups is 1. The van der Waals surface area contributed by atoms with Crippen molar-refractivity contribution in [2.24, 2.45) is 0 Å². The van der Waals surface area contributed by atoms with E-state index in [1.807, 2.05) is 0 Å². The van der Waals surface area contributed by atoms with Crippen LogP contribution in [0, 0.1) is 5.82 Å². The highest BCUT2D eigenvalue weighted by molar-refractivity contribution is 6.30. The zero-order valence-corrected chi connectivity index (χ0v) is 9.67. The Morgan fingerprint density at radius 3 is 2.88 bits per heavy atom. The van der Waals surface area contributed by atoms with Crippen LogP contribution in [0.15, 0.2) is 18.2 Å². The molecule has 0 saturated carbocycles. The lowest BCUT2D eigenvalue weighted by molar-refractivity contribution is -0.117. The monoisotopic (exact) mass is 258 g/mol. The van der Waals surface area contributed by atoms with Gasteiger partial charge in [0.25, 0.3) is 0 Å². The number of anilines is 1. The lowest BCUT2D eigenvalue weighted by atomic mass is 10.2. The molecule has 3 N–H and O–H groups in total. The van der Waals surface area contributed by atoms with E-state index in [1.165, 1.54) is 12.1 Å². The zero-order chi connectivity index (χ0) is 12.4. The molecule has 1 amide bonds. The molecule has 0 aliphatic carbocycles. The molecule has 4 nitrogen and oxygen atoms in total. The summed E-state index contributed by atoms with van der Waals surface area (Å²) in [5.41, 5.74) is 0.309. The molecule has 2 unspecified atom stereocenters. The van der Waals surface area contributed by atoms with Crippen LogP contribution in [-0.2, 0) is 4.79 Å². The highest BCUT2D eigenvalue weighted by Gasteiger charge is 2.27. The van der Waals surface area contributed by atoms with Gasteiger partial charge in [-0.15, -0.1) is 0 Å². The lowest BCUT2D eigenvalue weighted by Crippen LogP contribution is -2.35. The number of β-amino-alcohol motifs (C(OH)–C–C–N with tert-alkyl or cyclic N) is 1. The number of hydrogen-bond acceptors (Lipinski definition) is 3. The largest absolute Gasteiger partial charge is 0.392 e.